The Morgan fingerprint density at radius 3 is 3.22 bits per heavy atom. The van der Waals surface area contributed by atoms with Gasteiger partial charge in [-0.25, -0.2) is 4.98 Å². The zero-order valence-electron chi connectivity index (χ0n) is 11.6. The van der Waals surface area contributed by atoms with Crippen LogP contribution in [0.5, 0.6) is 0 Å². The van der Waals surface area contributed by atoms with E-state index in [1.807, 2.05) is 0 Å². The van der Waals surface area contributed by atoms with Crippen LogP contribution in [0.4, 0.5) is 0 Å². The molecule has 1 unspecified atom stereocenters. The number of rotatable bonds is 6. The first-order valence-corrected chi connectivity index (χ1v) is 8.02. The number of thiazole rings is 1. The lowest BCUT2D eigenvalue weighted by Crippen LogP contribution is -2.33. The van der Waals surface area contributed by atoms with Crippen molar-refractivity contribution in [1.29, 1.82) is 0 Å². The number of nitrogens with one attached hydrogen (secondary N) is 1. The minimum Gasteiger partial charge on any atom is -0.310 e. The first-order valence-electron chi connectivity index (χ1n) is 7.14. The summed E-state index contributed by atoms with van der Waals surface area (Å²) in [5, 5.41) is 6.86. The van der Waals surface area contributed by atoms with Gasteiger partial charge < -0.3 is 5.32 Å². The first kappa shape index (κ1) is 14.0. The van der Waals surface area contributed by atoms with Crippen molar-refractivity contribution in [3.8, 4) is 0 Å². The summed E-state index contributed by atoms with van der Waals surface area (Å²) in [6.07, 6.45) is 3.92. The van der Waals surface area contributed by atoms with Crippen molar-refractivity contribution in [2.24, 2.45) is 5.92 Å². The van der Waals surface area contributed by atoms with Gasteiger partial charge in [0.1, 0.15) is 5.01 Å². The van der Waals surface area contributed by atoms with E-state index in [1.54, 1.807) is 11.3 Å². The molecule has 0 amide bonds. The lowest BCUT2D eigenvalue weighted by atomic mass is 10.0. The molecule has 1 aliphatic heterocycles. The number of piperidine rings is 1. The first-order chi connectivity index (χ1) is 8.78. The maximum Gasteiger partial charge on any atom is 0.107 e. The fraction of sp³-hybridized carbons (Fsp3) is 0.786. The van der Waals surface area contributed by atoms with Gasteiger partial charge in [0, 0.05) is 25.0 Å². The molecule has 0 bridgehead atoms. The van der Waals surface area contributed by atoms with Crippen LogP contribution in [0.25, 0.3) is 0 Å². The third-order valence-corrected chi connectivity index (χ3v) is 4.33. The fourth-order valence-electron chi connectivity index (χ4n) is 2.53. The monoisotopic (exact) mass is 267 g/mol. The lowest BCUT2D eigenvalue weighted by Gasteiger charge is -2.30. The Morgan fingerprint density at radius 2 is 2.44 bits per heavy atom. The Labute approximate surface area is 115 Å². The molecule has 3 nitrogen and oxygen atoms in total. The van der Waals surface area contributed by atoms with E-state index < -0.39 is 0 Å². The summed E-state index contributed by atoms with van der Waals surface area (Å²) in [5.74, 6) is 0.850. The van der Waals surface area contributed by atoms with Crippen LogP contribution in [0.2, 0.25) is 0 Å². The van der Waals surface area contributed by atoms with Crippen LogP contribution >= 0.6 is 11.3 Å². The number of aromatic nitrogens is 1. The molecule has 1 aliphatic rings. The van der Waals surface area contributed by atoms with Gasteiger partial charge in [-0.15, -0.1) is 11.3 Å². The van der Waals surface area contributed by atoms with Crippen LogP contribution in [-0.2, 0) is 13.1 Å². The van der Waals surface area contributed by atoms with Gasteiger partial charge >= 0.3 is 0 Å². The highest BCUT2D eigenvalue weighted by Crippen LogP contribution is 2.18. The third-order valence-electron chi connectivity index (χ3n) is 3.43. The Bertz CT molecular complexity index is 351. The van der Waals surface area contributed by atoms with Gasteiger partial charge in [-0.3, -0.25) is 4.90 Å². The molecule has 1 aromatic heterocycles. The molecule has 0 spiro atoms. The van der Waals surface area contributed by atoms with Crippen LogP contribution in [0.1, 0.15) is 43.8 Å². The average Bonchev–Trinajstić information content (AvgIpc) is 2.77. The predicted octanol–water partition coefficient (Wildman–Crippen LogP) is 2.87. The second-order valence-electron chi connectivity index (χ2n) is 5.39. The smallest absolute Gasteiger partial charge is 0.107 e. The third kappa shape index (κ3) is 4.34. The SMILES string of the molecule is CCCNCc1nc(CN2CCCC(C)C2)cs1. The summed E-state index contributed by atoms with van der Waals surface area (Å²) in [6.45, 7) is 10.1. The molecule has 18 heavy (non-hydrogen) atoms. The molecule has 2 rings (SSSR count). The Morgan fingerprint density at radius 1 is 1.56 bits per heavy atom. The molecular formula is C14H25N3S. The molecule has 0 aliphatic carbocycles. The Balaban J connectivity index is 1.78. The Kier molecular flexibility index (Phi) is 5.60. The second-order valence-corrected chi connectivity index (χ2v) is 6.33. The van der Waals surface area contributed by atoms with Gasteiger partial charge in [0.2, 0.25) is 0 Å². The largest absolute Gasteiger partial charge is 0.310 e. The van der Waals surface area contributed by atoms with Gasteiger partial charge in [-0.2, -0.15) is 0 Å². The van der Waals surface area contributed by atoms with Crippen molar-refractivity contribution in [3.05, 3.63) is 16.1 Å². The van der Waals surface area contributed by atoms with Crippen molar-refractivity contribution < 1.29 is 0 Å². The maximum atomic E-state index is 4.72. The summed E-state index contributed by atoms with van der Waals surface area (Å²) < 4.78 is 0. The van der Waals surface area contributed by atoms with E-state index in [9.17, 15) is 0 Å². The average molecular weight is 267 g/mol. The standard InChI is InChI=1S/C14H25N3S/c1-3-6-15-8-14-16-13(11-18-14)10-17-7-4-5-12(2)9-17/h11-12,15H,3-10H2,1-2H3. The maximum absolute atomic E-state index is 4.72. The minimum atomic E-state index is 0.850. The summed E-state index contributed by atoms with van der Waals surface area (Å²) in [4.78, 5) is 7.26. The summed E-state index contributed by atoms with van der Waals surface area (Å²) >= 11 is 1.79. The van der Waals surface area contributed by atoms with Crippen LogP contribution < -0.4 is 5.32 Å². The molecule has 0 aromatic carbocycles. The fourth-order valence-corrected chi connectivity index (χ4v) is 3.29. The molecule has 4 heteroatoms. The molecule has 1 N–H and O–H groups in total. The van der Waals surface area contributed by atoms with Crippen LogP contribution in [0, 0.1) is 5.92 Å². The van der Waals surface area contributed by atoms with Gasteiger partial charge in [0.25, 0.3) is 0 Å². The molecule has 1 aromatic rings. The van der Waals surface area contributed by atoms with Crippen molar-refractivity contribution >= 4 is 11.3 Å². The highest BCUT2D eigenvalue weighted by Gasteiger charge is 2.17. The van der Waals surface area contributed by atoms with Crippen LogP contribution in [0.15, 0.2) is 5.38 Å². The summed E-state index contributed by atoms with van der Waals surface area (Å²) in [7, 11) is 0. The normalized spacial score (nSPS) is 21.3. The zero-order chi connectivity index (χ0) is 12.8. The van der Waals surface area contributed by atoms with Crippen molar-refractivity contribution in [1.82, 2.24) is 15.2 Å². The predicted molar refractivity (Wildman–Crippen MR) is 77.8 cm³/mol. The van der Waals surface area contributed by atoms with Crippen LogP contribution in [-0.4, -0.2) is 29.5 Å². The van der Waals surface area contributed by atoms with Gasteiger partial charge in [0.15, 0.2) is 0 Å². The van der Waals surface area contributed by atoms with Gasteiger partial charge in [0.05, 0.1) is 5.69 Å². The molecular weight excluding hydrogens is 242 g/mol. The lowest BCUT2D eigenvalue weighted by molar-refractivity contribution is 0.175. The molecule has 102 valence electrons. The van der Waals surface area contributed by atoms with Crippen molar-refractivity contribution in [3.63, 3.8) is 0 Å². The molecule has 0 radical (unpaired) electrons. The zero-order valence-corrected chi connectivity index (χ0v) is 12.4. The topological polar surface area (TPSA) is 28.2 Å². The van der Waals surface area contributed by atoms with E-state index in [0.29, 0.717) is 0 Å². The van der Waals surface area contributed by atoms with E-state index in [-0.39, 0.29) is 0 Å². The van der Waals surface area contributed by atoms with E-state index in [0.717, 1.165) is 25.6 Å². The Hall–Kier alpha value is -0.450. The molecule has 2 heterocycles. The highest BCUT2D eigenvalue weighted by atomic mass is 32.1. The number of nitrogens with zero attached hydrogens (tertiary/aromatic N) is 2. The number of hydrogen-bond acceptors (Lipinski definition) is 4. The molecule has 0 saturated carbocycles. The van der Waals surface area contributed by atoms with E-state index in [2.05, 4.69) is 29.4 Å². The summed E-state index contributed by atoms with van der Waals surface area (Å²) in [5.41, 5.74) is 1.25. The molecule has 1 atom stereocenters. The summed E-state index contributed by atoms with van der Waals surface area (Å²) in [6, 6.07) is 0. The number of likely N-dealkylation sites (tertiary alicyclic amines) is 1. The van der Waals surface area contributed by atoms with E-state index in [1.165, 1.54) is 43.1 Å². The number of hydrogen-bond donors (Lipinski definition) is 1. The van der Waals surface area contributed by atoms with Crippen LogP contribution in [0.3, 0.4) is 0 Å². The quantitative estimate of drug-likeness (QED) is 0.803. The molecule has 1 saturated heterocycles. The van der Waals surface area contributed by atoms with E-state index in [4.69, 9.17) is 4.98 Å². The van der Waals surface area contributed by atoms with Crippen molar-refractivity contribution in [2.75, 3.05) is 19.6 Å². The highest BCUT2D eigenvalue weighted by molar-refractivity contribution is 7.09. The minimum absolute atomic E-state index is 0.850. The second kappa shape index (κ2) is 7.22. The van der Waals surface area contributed by atoms with E-state index >= 15 is 0 Å². The van der Waals surface area contributed by atoms with Gasteiger partial charge in [-0.05, 0) is 38.3 Å². The molecule has 1 fully saturated rings. The van der Waals surface area contributed by atoms with Gasteiger partial charge in [-0.1, -0.05) is 13.8 Å². The van der Waals surface area contributed by atoms with Crippen molar-refractivity contribution in [2.45, 2.75) is 46.2 Å².